The van der Waals surface area contributed by atoms with Crippen LogP contribution in [0.15, 0.2) is 48.5 Å². The summed E-state index contributed by atoms with van der Waals surface area (Å²) in [4.78, 5) is 0. The van der Waals surface area contributed by atoms with E-state index in [1.165, 1.54) is 11.1 Å². The fourth-order valence-corrected chi connectivity index (χ4v) is 3.18. The first-order valence-corrected chi connectivity index (χ1v) is 7.85. The number of aliphatic hydroxyl groups is 1. The van der Waals surface area contributed by atoms with Crippen molar-refractivity contribution in [1.82, 2.24) is 5.32 Å². The van der Waals surface area contributed by atoms with Gasteiger partial charge in [0.25, 0.3) is 0 Å². The first-order valence-electron chi connectivity index (χ1n) is 7.85. The maximum atomic E-state index is 9.90. The van der Waals surface area contributed by atoms with Gasteiger partial charge in [0.2, 0.25) is 0 Å². The number of nitrogens with one attached hydrogen (secondary N) is 1. The van der Waals surface area contributed by atoms with E-state index in [4.69, 9.17) is 10.00 Å². The third kappa shape index (κ3) is 3.21. The number of rotatable bonds is 6. The highest BCUT2D eigenvalue weighted by Gasteiger charge is 2.37. The third-order valence-corrected chi connectivity index (χ3v) is 4.44. The van der Waals surface area contributed by atoms with Crippen molar-refractivity contribution in [3.63, 3.8) is 0 Å². The summed E-state index contributed by atoms with van der Waals surface area (Å²) >= 11 is 0. The Balaban J connectivity index is 1.56. The van der Waals surface area contributed by atoms with Gasteiger partial charge in [-0.3, -0.25) is 0 Å². The number of hydrogen-bond donors (Lipinski definition) is 2. The molecule has 4 nitrogen and oxygen atoms in total. The lowest BCUT2D eigenvalue weighted by atomic mass is 9.93. The highest BCUT2D eigenvalue weighted by Crippen LogP contribution is 2.36. The lowest BCUT2D eigenvalue weighted by Crippen LogP contribution is -2.45. The number of ether oxygens (including phenoxy) is 1. The van der Waals surface area contributed by atoms with Gasteiger partial charge in [-0.1, -0.05) is 24.3 Å². The molecule has 3 rings (SSSR count). The van der Waals surface area contributed by atoms with Gasteiger partial charge in [-0.05, 0) is 48.2 Å². The smallest absolute Gasteiger partial charge is 0.119 e. The second-order valence-electron chi connectivity index (χ2n) is 5.81. The summed E-state index contributed by atoms with van der Waals surface area (Å²) in [6, 6.07) is 17.4. The molecule has 0 heterocycles. The Morgan fingerprint density at radius 3 is 2.70 bits per heavy atom. The quantitative estimate of drug-likeness (QED) is 0.804. The number of nitriles is 1. The van der Waals surface area contributed by atoms with Crippen LogP contribution in [0.5, 0.6) is 5.75 Å². The van der Waals surface area contributed by atoms with Crippen LogP contribution in [-0.4, -0.2) is 24.9 Å². The number of aryl methyl sites for hydroxylation is 1. The minimum absolute atomic E-state index is 0.0842. The van der Waals surface area contributed by atoms with Crippen LogP contribution in [0, 0.1) is 11.3 Å². The van der Waals surface area contributed by atoms with Crippen molar-refractivity contribution >= 4 is 0 Å². The van der Waals surface area contributed by atoms with Crippen molar-refractivity contribution in [1.29, 1.82) is 5.26 Å². The summed E-state index contributed by atoms with van der Waals surface area (Å²) in [6.45, 7) is 1.24. The SMILES string of the molecule is N#Cc1ccc(OCCN[C@]2(CO)CCc3ccccc32)cc1. The van der Waals surface area contributed by atoms with E-state index in [2.05, 4.69) is 23.5 Å². The summed E-state index contributed by atoms with van der Waals surface area (Å²) in [6.07, 6.45) is 1.89. The number of fused-ring (bicyclic) bond motifs is 1. The van der Waals surface area contributed by atoms with Gasteiger partial charge in [-0.25, -0.2) is 0 Å². The van der Waals surface area contributed by atoms with Crippen LogP contribution in [0.4, 0.5) is 0 Å². The molecule has 0 bridgehead atoms. The van der Waals surface area contributed by atoms with Crippen molar-refractivity contribution in [3.8, 4) is 11.8 Å². The van der Waals surface area contributed by atoms with Crippen LogP contribution in [0.25, 0.3) is 0 Å². The number of hydrogen-bond acceptors (Lipinski definition) is 4. The molecule has 0 unspecified atom stereocenters. The van der Waals surface area contributed by atoms with Crippen LogP contribution in [-0.2, 0) is 12.0 Å². The van der Waals surface area contributed by atoms with Crippen molar-refractivity contribution in [2.24, 2.45) is 0 Å². The molecular formula is C19H20N2O2. The molecule has 0 saturated heterocycles. The summed E-state index contributed by atoms with van der Waals surface area (Å²) < 4.78 is 5.69. The van der Waals surface area contributed by atoms with E-state index >= 15 is 0 Å². The molecule has 118 valence electrons. The largest absolute Gasteiger partial charge is 0.492 e. The van der Waals surface area contributed by atoms with Crippen LogP contribution in [0.2, 0.25) is 0 Å². The Labute approximate surface area is 136 Å². The second-order valence-corrected chi connectivity index (χ2v) is 5.81. The van der Waals surface area contributed by atoms with Crippen molar-refractivity contribution in [2.75, 3.05) is 19.8 Å². The fourth-order valence-electron chi connectivity index (χ4n) is 3.18. The lowest BCUT2D eigenvalue weighted by Gasteiger charge is -2.29. The number of nitrogens with zero attached hydrogens (tertiary/aromatic N) is 1. The van der Waals surface area contributed by atoms with Gasteiger partial charge in [0.05, 0.1) is 23.8 Å². The molecule has 0 amide bonds. The van der Waals surface area contributed by atoms with Crippen LogP contribution < -0.4 is 10.1 Å². The molecule has 0 aliphatic heterocycles. The molecule has 23 heavy (non-hydrogen) atoms. The average Bonchev–Trinajstić information content (AvgIpc) is 2.99. The maximum absolute atomic E-state index is 9.90. The summed E-state index contributed by atoms with van der Waals surface area (Å²) in [5, 5.41) is 22.1. The molecule has 0 aromatic heterocycles. The van der Waals surface area contributed by atoms with E-state index in [0.717, 1.165) is 18.6 Å². The molecule has 1 aliphatic rings. The van der Waals surface area contributed by atoms with Crippen molar-refractivity contribution < 1.29 is 9.84 Å². The zero-order chi connectivity index (χ0) is 16.1. The number of benzene rings is 2. The Kier molecular flexibility index (Phi) is 4.61. The summed E-state index contributed by atoms with van der Waals surface area (Å²) in [5.74, 6) is 0.746. The van der Waals surface area contributed by atoms with E-state index in [1.807, 2.05) is 12.1 Å². The molecule has 1 aliphatic carbocycles. The van der Waals surface area contributed by atoms with E-state index in [0.29, 0.717) is 18.7 Å². The molecule has 1 atom stereocenters. The summed E-state index contributed by atoms with van der Waals surface area (Å²) in [7, 11) is 0. The van der Waals surface area contributed by atoms with Gasteiger partial charge in [-0.2, -0.15) is 5.26 Å². The Bertz CT molecular complexity index is 706. The normalized spacial score (nSPS) is 19.1. The molecule has 0 spiro atoms. The van der Waals surface area contributed by atoms with Crippen LogP contribution in [0.3, 0.4) is 0 Å². The maximum Gasteiger partial charge on any atom is 0.119 e. The monoisotopic (exact) mass is 308 g/mol. The zero-order valence-electron chi connectivity index (χ0n) is 13.0. The minimum Gasteiger partial charge on any atom is -0.492 e. The van der Waals surface area contributed by atoms with Crippen LogP contribution in [0.1, 0.15) is 23.1 Å². The fraction of sp³-hybridized carbons (Fsp3) is 0.316. The standard InChI is InChI=1S/C19H20N2O2/c20-13-15-5-7-17(8-6-15)23-12-11-21-19(14-22)10-9-16-3-1-2-4-18(16)19/h1-8,21-22H,9-12,14H2/t19-/m0/s1. The zero-order valence-corrected chi connectivity index (χ0v) is 13.0. The molecular weight excluding hydrogens is 288 g/mol. The molecule has 2 aromatic carbocycles. The predicted octanol–water partition coefficient (Wildman–Crippen LogP) is 2.36. The minimum atomic E-state index is -0.357. The van der Waals surface area contributed by atoms with E-state index < -0.39 is 0 Å². The van der Waals surface area contributed by atoms with Crippen molar-refractivity contribution in [2.45, 2.75) is 18.4 Å². The van der Waals surface area contributed by atoms with Gasteiger partial charge < -0.3 is 15.2 Å². The molecule has 4 heteroatoms. The van der Waals surface area contributed by atoms with E-state index in [9.17, 15) is 5.11 Å². The highest BCUT2D eigenvalue weighted by molar-refractivity contribution is 5.39. The Morgan fingerprint density at radius 1 is 1.17 bits per heavy atom. The van der Waals surface area contributed by atoms with Gasteiger partial charge >= 0.3 is 0 Å². The van der Waals surface area contributed by atoms with Gasteiger partial charge in [0, 0.05) is 6.54 Å². The topological polar surface area (TPSA) is 65.3 Å². The first-order chi connectivity index (χ1) is 11.3. The predicted molar refractivity (Wildman–Crippen MR) is 88.2 cm³/mol. The number of aliphatic hydroxyl groups excluding tert-OH is 1. The van der Waals surface area contributed by atoms with Gasteiger partial charge in [0.15, 0.2) is 0 Å². The van der Waals surface area contributed by atoms with Crippen molar-refractivity contribution in [3.05, 3.63) is 65.2 Å². The molecule has 0 radical (unpaired) electrons. The van der Waals surface area contributed by atoms with E-state index in [1.54, 1.807) is 24.3 Å². The molecule has 0 saturated carbocycles. The average molecular weight is 308 g/mol. The molecule has 2 aromatic rings. The van der Waals surface area contributed by atoms with Gasteiger partial charge in [0.1, 0.15) is 12.4 Å². The Morgan fingerprint density at radius 2 is 1.96 bits per heavy atom. The molecule has 2 N–H and O–H groups in total. The Hall–Kier alpha value is -2.35. The first kappa shape index (κ1) is 15.5. The second kappa shape index (κ2) is 6.82. The lowest BCUT2D eigenvalue weighted by molar-refractivity contribution is 0.153. The highest BCUT2D eigenvalue weighted by atomic mass is 16.5. The molecule has 0 fully saturated rings. The van der Waals surface area contributed by atoms with Crippen LogP contribution >= 0.6 is 0 Å². The third-order valence-electron chi connectivity index (χ3n) is 4.44. The van der Waals surface area contributed by atoms with Gasteiger partial charge in [-0.15, -0.1) is 0 Å². The summed E-state index contributed by atoms with van der Waals surface area (Å²) in [5.41, 5.74) is 2.77. The van der Waals surface area contributed by atoms with E-state index in [-0.39, 0.29) is 12.1 Å².